The molecule has 3 heterocycles. The van der Waals surface area contributed by atoms with Crippen LogP contribution in [0.1, 0.15) is 18.0 Å². The van der Waals surface area contributed by atoms with Crippen molar-refractivity contribution in [3.8, 4) is 0 Å². The van der Waals surface area contributed by atoms with Crippen LogP contribution in [0, 0.1) is 0 Å². The molecule has 96 valence electrons. The summed E-state index contributed by atoms with van der Waals surface area (Å²) in [6.45, 7) is 0.968. The lowest BCUT2D eigenvalue weighted by Crippen LogP contribution is -2.24. The van der Waals surface area contributed by atoms with Crippen LogP contribution in [-0.2, 0) is 7.05 Å². The number of hydrogen-bond donors (Lipinski definition) is 1. The quantitative estimate of drug-likeness (QED) is 0.723. The SMILES string of the molecule is Cn1cc(C2CCNc3c4ccccc4nn32)cn1. The molecule has 1 unspecified atom stereocenters. The number of fused-ring (bicyclic) bond motifs is 3. The van der Waals surface area contributed by atoms with Crippen molar-refractivity contribution in [1.29, 1.82) is 0 Å². The average molecular weight is 253 g/mol. The van der Waals surface area contributed by atoms with Gasteiger partial charge in [-0.3, -0.25) is 4.68 Å². The lowest BCUT2D eigenvalue weighted by atomic mass is 10.1. The van der Waals surface area contributed by atoms with Gasteiger partial charge in [-0.25, -0.2) is 4.68 Å². The number of nitrogens with one attached hydrogen (secondary N) is 1. The Hall–Kier alpha value is -2.30. The lowest BCUT2D eigenvalue weighted by Gasteiger charge is -2.24. The van der Waals surface area contributed by atoms with Crippen molar-refractivity contribution in [2.75, 3.05) is 11.9 Å². The summed E-state index contributed by atoms with van der Waals surface area (Å²) in [4.78, 5) is 0. The molecule has 0 aliphatic carbocycles. The molecule has 5 heteroatoms. The van der Waals surface area contributed by atoms with E-state index in [9.17, 15) is 0 Å². The molecule has 3 aromatic rings. The van der Waals surface area contributed by atoms with Gasteiger partial charge in [0.05, 0.1) is 17.8 Å². The van der Waals surface area contributed by atoms with Crippen molar-refractivity contribution in [1.82, 2.24) is 19.6 Å². The topological polar surface area (TPSA) is 47.7 Å². The fourth-order valence-corrected chi connectivity index (χ4v) is 2.82. The molecule has 0 amide bonds. The first kappa shape index (κ1) is 10.6. The van der Waals surface area contributed by atoms with Gasteiger partial charge in [-0.2, -0.15) is 10.2 Å². The molecule has 0 fully saturated rings. The fraction of sp³-hybridized carbons (Fsp3) is 0.286. The highest BCUT2D eigenvalue weighted by Crippen LogP contribution is 2.33. The number of nitrogens with zero attached hydrogens (tertiary/aromatic N) is 4. The van der Waals surface area contributed by atoms with Crippen LogP contribution in [0.5, 0.6) is 0 Å². The normalized spacial score (nSPS) is 18.3. The van der Waals surface area contributed by atoms with E-state index in [0.29, 0.717) is 0 Å². The van der Waals surface area contributed by atoms with Gasteiger partial charge in [0.15, 0.2) is 0 Å². The highest BCUT2D eigenvalue weighted by atomic mass is 15.4. The minimum atomic E-state index is 0.275. The van der Waals surface area contributed by atoms with Gasteiger partial charge in [0, 0.05) is 30.7 Å². The van der Waals surface area contributed by atoms with Crippen molar-refractivity contribution in [2.24, 2.45) is 7.05 Å². The Balaban J connectivity index is 1.90. The second kappa shape index (κ2) is 3.85. The fourth-order valence-electron chi connectivity index (χ4n) is 2.82. The van der Waals surface area contributed by atoms with Gasteiger partial charge in [-0.05, 0) is 18.6 Å². The van der Waals surface area contributed by atoms with Crippen LogP contribution in [0.2, 0.25) is 0 Å². The molecule has 2 aromatic heterocycles. The number of aromatic nitrogens is 4. The van der Waals surface area contributed by atoms with E-state index in [2.05, 4.69) is 39.5 Å². The molecule has 1 aliphatic heterocycles. The summed E-state index contributed by atoms with van der Waals surface area (Å²) < 4.78 is 3.95. The summed E-state index contributed by atoms with van der Waals surface area (Å²) in [5, 5.41) is 13.7. The highest BCUT2D eigenvalue weighted by molar-refractivity contribution is 5.90. The first-order valence-corrected chi connectivity index (χ1v) is 6.52. The third-order valence-electron chi connectivity index (χ3n) is 3.72. The molecule has 19 heavy (non-hydrogen) atoms. The van der Waals surface area contributed by atoms with Crippen LogP contribution >= 0.6 is 0 Å². The summed E-state index contributed by atoms with van der Waals surface area (Å²) in [5.74, 6) is 1.12. The van der Waals surface area contributed by atoms with E-state index >= 15 is 0 Å². The van der Waals surface area contributed by atoms with E-state index in [1.165, 1.54) is 10.9 Å². The summed E-state index contributed by atoms with van der Waals surface area (Å²) >= 11 is 0. The summed E-state index contributed by atoms with van der Waals surface area (Å²) in [6, 6.07) is 8.54. The number of anilines is 1. The van der Waals surface area contributed by atoms with Crippen molar-refractivity contribution in [3.63, 3.8) is 0 Å². The third-order valence-corrected chi connectivity index (χ3v) is 3.72. The van der Waals surface area contributed by atoms with Gasteiger partial charge in [0.1, 0.15) is 5.82 Å². The van der Waals surface area contributed by atoms with E-state index in [0.717, 1.165) is 24.3 Å². The lowest BCUT2D eigenvalue weighted by molar-refractivity contribution is 0.485. The first-order chi connectivity index (χ1) is 9.33. The molecular formula is C14H15N5. The molecule has 1 aliphatic rings. The number of benzene rings is 1. The van der Waals surface area contributed by atoms with E-state index < -0.39 is 0 Å². The van der Waals surface area contributed by atoms with Gasteiger partial charge in [-0.15, -0.1) is 0 Å². The Morgan fingerprint density at radius 2 is 2.21 bits per heavy atom. The maximum Gasteiger partial charge on any atom is 0.132 e. The van der Waals surface area contributed by atoms with Crippen molar-refractivity contribution in [3.05, 3.63) is 42.2 Å². The summed E-state index contributed by atoms with van der Waals surface area (Å²) in [7, 11) is 1.95. The Kier molecular flexibility index (Phi) is 2.15. The standard InChI is InChI=1S/C14H15N5/c1-18-9-10(8-16-18)13-6-7-15-14-11-4-2-3-5-12(11)17-19(13)14/h2-5,8-9,13,15H,6-7H2,1H3. The second-order valence-electron chi connectivity index (χ2n) is 4.99. The molecule has 0 spiro atoms. The Morgan fingerprint density at radius 3 is 3.05 bits per heavy atom. The van der Waals surface area contributed by atoms with Gasteiger partial charge < -0.3 is 5.32 Å². The Morgan fingerprint density at radius 1 is 1.32 bits per heavy atom. The monoisotopic (exact) mass is 253 g/mol. The number of hydrogen-bond acceptors (Lipinski definition) is 3. The second-order valence-corrected chi connectivity index (χ2v) is 4.99. The predicted octanol–water partition coefficient (Wildman–Crippen LogP) is 2.17. The van der Waals surface area contributed by atoms with Gasteiger partial charge >= 0.3 is 0 Å². The number of rotatable bonds is 1. The van der Waals surface area contributed by atoms with Crippen molar-refractivity contribution in [2.45, 2.75) is 12.5 Å². The average Bonchev–Trinajstić information content (AvgIpc) is 3.02. The van der Waals surface area contributed by atoms with Crippen LogP contribution in [0.3, 0.4) is 0 Å². The van der Waals surface area contributed by atoms with Gasteiger partial charge in [0.2, 0.25) is 0 Å². The van der Waals surface area contributed by atoms with Crippen LogP contribution in [0.25, 0.3) is 10.9 Å². The maximum atomic E-state index is 4.74. The molecule has 0 bridgehead atoms. The molecular weight excluding hydrogens is 238 g/mol. The Labute approximate surface area is 110 Å². The van der Waals surface area contributed by atoms with Crippen molar-refractivity contribution < 1.29 is 0 Å². The van der Waals surface area contributed by atoms with E-state index in [1.807, 2.05) is 24.0 Å². The van der Waals surface area contributed by atoms with Crippen LogP contribution in [0.4, 0.5) is 5.82 Å². The van der Waals surface area contributed by atoms with Crippen LogP contribution in [-0.4, -0.2) is 26.1 Å². The molecule has 0 radical (unpaired) electrons. The van der Waals surface area contributed by atoms with Crippen LogP contribution in [0.15, 0.2) is 36.7 Å². The molecule has 5 nitrogen and oxygen atoms in total. The highest BCUT2D eigenvalue weighted by Gasteiger charge is 2.25. The zero-order chi connectivity index (χ0) is 12.8. The maximum absolute atomic E-state index is 4.74. The third kappa shape index (κ3) is 1.54. The Bertz CT molecular complexity index is 739. The zero-order valence-electron chi connectivity index (χ0n) is 10.7. The molecule has 0 saturated heterocycles. The zero-order valence-corrected chi connectivity index (χ0v) is 10.7. The molecule has 1 atom stereocenters. The summed E-state index contributed by atoms with van der Waals surface area (Å²) in [6.07, 6.45) is 5.05. The van der Waals surface area contributed by atoms with Gasteiger partial charge in [0.25, 0.3) is 0 Å². The molecule has 1 N–H and O–H groups in total. The first-order valence-electron chi connectivity index (χ1n) is 6.52. The van der Waals surface area contributed by atoms with Gasteiger partial charge in [-0.1, -0.05) is 12.1 Å². The smallest absolute Gasteiger partial charge is 0.132 e. The van der Waals surface area contributed by atoms with Crippen LogP contribution < -0.4 is 5.32 Å². The number of aryl methyl sites for hydroxylation is 1. The molecule has 4 rings (SSSR count). The predicted molar refractivity (Wildman–Crippen MR) is 74.2 cm³/mol. The molecule has 0 saturated carbocycles. The van der Waals surface area contributed by atoms with E-state index in [4.69, 9.17) is 5.10 Å². The minimum Gasteiger partial charge on any atom is -0.370 e. The van der Waals surface area contributed by atoms with Crippen molar-refractivity contribution >= 4 is 16.7 Å². The molecule has 1 aromatic carbocycles. The summed E-state index contributed by atoms with van der Waals surface area (Å²) in [5.41, 5.74) is 2.26. The van der Waals surface area contributed by atoms with E-state index in [-0.39, 0.29) is 6.04 Å². The van der Waals surface area contributed by atoms with E-state index in [1.54, 1.807) is 0 Å². The minimum absolute atomic E-state index is 0.275. The largest absolute Gasteiger partial charge is 0.370 e.